The summed E-state index contributed by atoms with van der Waals surface area (Å²) >= 11 is 13.1. The van der Waals surface area contributed by atoms with Crippen LogP contribution in [-0.4, -0.2) is 64.3 Å². The molecule has 8 nitrogen and oxygen atoms in total. The molecule has 2 aliphatic heterocycles. The molecular formula is C28H37Cl2N5O3. The third kappa shape index (κ3) is 5.60. The topological polar surface area (TPSA) is 90.8 Å². The van der Waals surface area contributed by atoms with Gasteiger partial charge in [-0.3, -0.25) is 9.69 Å². The van der Waals surface area contributed by atoms with E-state index in [-0.39, 0.29) is 18.2 Å². The minimum atomic E-state index is -0.295. The van der Waals surface area contributed by atoms with Crippen LogP contribution in [0.25, 0.3) is 0 Å². The molecule has 1 aromatic heterocycles. The Bertz CT molecular complexity index is 1170. The number of hydrogen-bond acceptors (Lipinski definition) is 8. The maximum Gasteiger partial charge on any atom is 0.293 e. The SMILES string of the molecule is Cc1ccc(C(C)Nc2nc(N3CC(C4CCCN(C5CC(C)(OC=O)C5)C4)C3)nc(CO)c2Cl)c(Cl)c1. The zero-order valence-electron chi connectivity index (χ0n) is 22.3. The quantitative estimate of drug-likeness (QED) is 0.413. The number of piperidine rings is 1. The summed E-state index contributed by atoms with van der Waals surface area (Å²) in [4.78, 5) is 24.9. The molecule has 1 aliphatic carbocycles. The highest BCUT2D eigenvalue weighted by atomic mass is 35.5. The number of aryl methyl sites for hydroxylation is 1. The van der Waals surface area contributed by atoms with E-state index in [0.29, 0.717) is 51.9 Å². The molecule has 2 saturated heterocycles. The Balaban J connectivity index is 1.22. The van der Waals surface area contributed by atoms with E-state index in [1.54, 1.807) is 0 Å². The van der Waals surface area contributed by atoms with Crippen LogP contribution in [0.4, 0.5) is 11.8 Å². The summed E-state index contributed by atoms with van der Waals surface area (Å²) in [7, 11) is 0. The van der Waals surface area contributed by atoms with Crippen molar-refractivity contribution in [2.45, 2.75) is 70.7 Å². The van der Waals surface area contributed by atoms with Crippen molar-refractivity contribution in [2.24, 2.45) is 11.8 Å². The highest BCUT2D eigenvalue weighted by Gasteiger charge is 2.47. The van der Waals surface area contributed by atoms with Crippen LogP contribution >= 0.6 is 23.2 Å². The zero-order chi connectivity index (χ0) is 27.0. The highest BCUT2D eigenvalue weighted by Crippen LogP contribution is 2.42. The van der Waals surface area contributed by atoms with Gasteiger partial charge in [-0.05, 0) is 69.2 Å². The first-order valence-electron chi connectivity index (χ1n) is 13.5. The molecule has 0 bridgehead atoms. The van der Waals surface area contributed by atoms with Crippen LogP contribution in [0.3, 0.4) is 0 Å². The van der Waals surface area contributed by atoms with Crippen LogP contribution in [0.1, 0.15) is 62.4 Å². The number of aliphatic hydroxyl groups excluding tert-OH is 1. The van der Waals surface area contributed by atoms with Gasteiger partial charge in [-0.15, -0.1) is 0 Å². The molecule has 1 aromatic carbocycles. The van der Waals surface area contributed by atoms with Crippen LogP contribution in [0.2, 0.25) is 10.0 Å². The number of nitrogens with one attached hydrogen (secondary N) is 1. The number of ether oxygens (including phenoxy) is 1. The second-order valence-corrected chi connectivity index (χ2v) is 12.3. The molecule has 10 heteroatoms. The Morgan fingerprint density at radius 2 is 2.00 bits per heavy atom. The van der Waals surface area contributed by atoms with Gasteiger partial charge in [0.15, 0.2) is 5.82 Å². The number of benzene rings is 1. The fourth-order valence-electron chi connectivity index (χ4n) is 6.23. The van der Waals surface area contributed by atoms with Gasteiger partial charge in [0.1, 0.15) is 10.6 Å². The average molecular weight is 563 g/mol. The molecule has 2 atom stereocenters. The van der Waals surface area contributed by atoms with Crippen molar-refractivity contribution in [3.8, 4) is 0 Å². The molecule has 3 aliphatic rings. The summed E-state index contributed by atoms with van der Waals surface area (Å²) in [6.07, 6.45) is 4.26. The van der Waals surface area contributed by atoms with Gasteiger partial charge in [0.05, 0.1) is 18.3 Å². The number of nitrogens with zero attached hydrogens (tertiary/aromatic N) is 4. The second-order valence-electron chi connectivity index (χ2n) is 11.5. The molecule has 0 radical (unpaired) electrons. The zero-order valence-corrected chi connectivity index (χ0v) is 23.8. The first-order chi connectivity index (χ1) is 18.2. The molecule has 0 amide bonds. The first kappa shape index (κ1) is 27.4. The second kappa shape index (κ2) is 11.2. The Labute approximate surface area is 234 Å². The van der Waals surface area contributed by atoms with Gasteiger partial charge < -0.3 is 20.1 Å². The van der Waals surface area contributed by atoms with E-state index >= 15 is 0 Å². The Kier molecular flexibility index (Phi) is 8.06. The third-order valence-electron chi connectivity index (χ3n) is 8.57. The van der Waals surface area contributed by atoms with Crippen molar-refractivity contribution in [1.29, 1.82) is 0 Å². The minimum absolute atomic E-state index is 0.127. The van der Waals surface area contributed by atoms with Crippen LogP contribution in [0.15, 0.2) is 18.2 Å². The van der Waals surface area contributed by atoms with Crippen molar-refractivity contribution in [2.75, 3.05) is 36.4 Å². The molecule has 3 fully saturated rings. The van der Waals surface area contributed by atoms with Crippen molar-refractivity contribution in [3.63, 3.8) is 0 Å². The number of carbonyl (C=O) groups is 1. The van der Waals surface area contributed by atoms with E-state index in [1.165, 1.54) is 12.8 Å². The van der Waals surface area contributed by atoms with Crippen LogP contribution < -0.4 is 10.2 Å². The van der Waals surface area contributed by atoms with Crippen molar-refractivity contribution in [3.05, 3.63) is 45.1 Å². The monoisotopic (exact) mass is 561 g/mol. The predicted octanol–water partition coefficient (Wildman–Crippen LogP) is 5.00. The number of carbonyl (C=O) groups excluding carboxylic acids is 1. The Morgan fingerprint density at radius 3 is 2.68 bits per heavy atom. The molecule has 5 rings (SSSR count). The maximum absolute atomic E-state index is 10.8. The summed E-state index contributed by atoms with van der Waals surface area (Å²) in [5.74, 6) is 2.30. The van der Waals surface area contributed by atoms with E-state index in [0.717, 1.165) is 50.1 Å². The van der Waals surface area contributed by atoms with Gasteiger partial charge in [-0.1, -0.05) is 35.3 Å². The lowest BCUT2D eigenvalue weighted by Gasteiger charge is -2.52. The molecule has 3 heterocycles. The summed E-state index contributed by atoms with van der Waals surface area (Å²) < 4.78 is 5.29. The van der Waals surface area contributed by atoms with Crippen LogP contribution in [0, 0.1) is 18.8 Å². The van der Waals surface area contributed by atoms with Crippen molar-refractivity contribution >= 4 is 41.4 Å². The molecule has 206 valence electrons. The minimum Gasteiger partial charge on any atom is -0.461 e. The number of halogens is 2. The smallest absolute Gasteiger partial charge is 0.293 e. The predicted molar refractivity (Wildman–Crippen MR) is 150 cm³/mol. The lowest BCUT2D eigenvalue weighted by Crippen LogP contribution is -2.59. The van der Waals surface area contributed by atoms with Gasteiger partial charge >= 0.3 is 0 Å². The summed E-state index contributed by atoms with van der Waals surface area (Å²) in [6.45, 7) is 10.4. The van der Waals surface area contributed by atoms with Gasteiger partial charge in [0, 0.05) is 43.5 Å². The standard InChI is InChI=1S/C28H37Cl2N5O3/c1-17-6-7-22(23(29)9-17)18(2)31-26-25(30)24(15-36)32-27(33-26)35-13-20(14-35)19-5-4-8-34(12-19)21-10-28(3,11-21)38-16-37/h6-7,9,16,18-21,36H,4-5,8,10-15H2,1-3H3,(H,31,32,33). The first-order valence-corrected chi connectivity index (χ1v) is 14.3. The number of hydrogen-bond donors (Lipinski definition) is 2. The Hall–Kier alpha value is -2.13. The normalized spacial score (nSPS) is 26.8. The number of aliphatic hydroxyl groups is 1. The van der Waals surface area contributed by atoms with Crippen LogP contribution in [-0.2, 0) is 16.1 Å². The number of aromatic nitrogens is 2. The van der Waals surface area contributed by atoms with Crippen molar-refractivity contribution in [1.82, 2.24) is 14.9 Å². The molecule has 1 saturated carbocycles. The van der Waals surface area contributed by atoms with Crippen molar-refractivity contribution < 1.29 is 14.6 Å². The van der Waals surface area contributed by atoms with Gasteiger partial charge in [-0.25, -0.2) is 4.98 Å². The van der Waals surface area contributed by atoms with Crippen LogP contribution in [0.5, 0.6) is 0 Å². The van der Waals surface area contributed by atoms with E-state index in [9.17, 15) is 9.90 Å². The maximum atomic E-state index is 10.8. The largest absolute Gasteiger partial charge is 0.461 e. The number of anilines is 2. The highest BCUT2D eigenvalue weighted by molar-refractivity contribution is 6.33. The lowest BCUT2D eigenvalue weighted by atomic mass is 9.73. The summed E-state index contributed by atoms with van der Waals surface area (Å²) in [6, 6.07) is 6.35. The third-order valence-corrected chi connectivity index (χ3v) is 9.29. The molecule has 38 heavy (non-hydrogen) atoms. The van der Waals surface area contributed by atoms with Gasteiger partial charge in [0.2, 0.25) is 5.95 Å². The fraction of sp³-hybridized carbons (Fsp3) is 0.607. The fourth-order valence-corrected chi connectivity index (χ4v) is 6.82. The lowest BCUT2D eigenvalue weighted by molar-refractivity contribution is -0.160. The van der Waals surface area contributed by atoms with E-state index < -0.39 is 0 Å². The number of rotatable bonds is 9. The Morgan fingerprint density at radius 1 is 1.24 bits per heavy atom. The van der Waals surface area contributed by atoms with E-state index in [4.69, 9.17) is 32.9 Å². The van der Waals surface area contributed by atoms with E-state index in [1.807, 2.05) is 39.0 Å². The molecule has 0 spiro atoms. The molecule has 2 aromatic rings. The average Bonchev–Trinajstić information content (AvgIpc) is 2.83. The van der Waals surface area contributed by atoms with E-state index in [2.05, 4.69) is 20.1 Å². The molecule has 2 unspecified atom stereocenters. The number of likely N-dealkylation sites (tertiary alicyclic amines) is 1. The van der Waals surface area contributed by atoms with Gasteiger partial charge in [0.25, 0.3) is 6.47 Å². The summed E-state index contributed by atoms with van der Waals surface area (Å²) in [5, 5.41) is 14.3. The summed E-state index contributed by atoms with van der Waals surface area (Å²) in [5.41, 5.74) is 2.17. The molecule has 2 N–H and O–H groups in total. The van der Waals surface area contributed by atoms with Gasteiger partial charge in [-0.2, -0.15) is 4.98 Å². The molecular weight excluding hydrogens is 525 g/mol.